The molecule has 0 bridgehead atoms. The molecule has 2 fully saturated rings. The van der Waals surface area contributed by atoms with E-state index in [1.807, 2.05) is 35.8 Å². The quantitative estimate of drug-likeness (QED) is 0.649. The summed E-state index contributed by atoms with van der Waals surface area (Å²) in [6, 6.07) is 9.40. The number of nitrogens with zero attached hydrogens (tertiary/aromatic N) is 4. The Kier molecular flexibility index (Phi) is 4.26. The molecule has 9 heteroatoms. The van der Waals surface area contributed by atoms with Crippen LogP contribution in [0.15, 0.2) is 34.9 Å². The minimum absolute atomic E-state index is 0.132. The van der Waals surface area contributed by atoms with Crippen LogP contribution in [0.4, 0.5) is 0 Å². The number of imidazole rings is 1. The molecule has 0 spiro atoms. The molecule has 5 rings (SSSR count). The molecule has 2 aliphatic rings. The molecule has 1 aromatic carbocycles. The summed E-state index contributed by atoms with van der Waals surface area (Å²) in [5.74, 6) is -0.537. The van der Waals surface area contributed by atoms with Crippen LogP contribution in [0.5, 0.6) is 0 Å². The normalized spacial score (nSPS) is 21.1. The summed E-state index contributed by atoms with van der Waals surface area (Å²) < 4.78 is 7.29. The second kappa shape index (κ2) is 6.78. The molecule has 1 unspecified atom stereocenters. The van der Waals surface area contributed by atoms with Crippen molar-refractivity contribution in [1.29, 1.82) is 0 Å². The summed E-state index contributed by atoms with van der Waals surface area (Å²) in [4.78, 5) is 30.2. The van der Waals surface area contributed by atoms with Crippen LogP contribution in [-0.4, -0.2) is 50.1 Å². The van der Waals surface area contributed by atoms with Gasteiger partial charge in [0.15, 0.2) is 11.6 Å². The lowest BCUT2D eigenvalue weighted by molar-refractivity contribution is -0.144. The van der Waals surface area contributed by atoms with Gasteiger partial charge in [0.05, 0.1) is 5.69 Å². The number of hydrogen-bond donors (Lipinski definition) is 2. The van der Waals surface area contributed by atoms with Crippen LogP contribution < -0.4 is 5.73 Å². The van der Waals surface area contributed by atoms with Gasteiger partial charge in [-0.1, -0.05) is 23.4 Å². The smallest absolute Gasteiger partial charge is 0.284 e. The Bertz CT molecular complexity index is 1210. The number of carbonyl (C=O) groups is 2. The summed E-state index contributed by atoms with van der Waals surface area (Å²) in [7, 11) is 1.64. The van der Waals surface area contributed by atoms with E-state index in [9.17, 15) is 14.7 Å². The lowest BCUT2D eigenvalue weighted by Crippen LogP contribution is -2.35. The van der Waals surface area contributed by atoms with Crippen molar-refractivity contribution in [1.82, 2.24) is 19.6 Å². The van der Waals surface area contributed by atoms with Crippen molar-refractivity contribution in [2.75, 3.05) is 13.6 Å². The van der Waals surface area contributed by atoms with Gasteiger partial charge in [-0.05, 0) is 25.8 Å². The summed E-state index contributed by atoms with van der Waals surface area (Å²) in [5, 5.41) is 14.9. The third-order valence-corrected chi connectivity index (χ3v) is 6.14. The zero-order valence-electron chi connectivity index (χ0n) is 17.3. The molecule has 1 aliphatic heterocycles. The van der Waals surface area contributed by atoms with Gasteiger partial charge in [-0.3, -0.25) is 9.59 Å². The molecule has 0 radical (unpaired) electrons. The predicted octanol–water partition coefficient (Wildman–Crippen LogP) is 2.00. The van der Waals surface area contributed by atoms with E-state index in [4.69, 9.17) is 10.3 Å². The number of hydrogen-bond acceptors (Lipinski definition) is 6. The Balaban J connectivity index is 1.52. The van der Waals surface area contributed by atoms with Crippen molar-refractivity contribution in [3.05, 3.63) is 47.6 Å². The van der Waals surface area contributed by atoms with Gasteiger partial charge in [0.25, 0.3) is 11.8 Å². The molecular formula is C22H23N5O4. The highest BCUT2D eigenvalue weighted by Gasteiger charge is 2.48. The first-order chi connectivity index (χ1) is 14.8. The van der Waals surface area contributed by atoms with Crippen molar-refractivity contribution < 1.29 is 19.2 Å². The van der Waals surface area contributed by atoms with E-state index in [1.54, 1.807) is 13.1 Å². The Morgan fingerprint density at radius 2 is 2.03 bits per heavy atom. The number of nitrogens with two attached hydrogens (primary N) is 1. The van der Waals surface area contributed by atoms with Crippen LogP contribution in [0.25, 0.3) is 22.5 Å². The maximum absolute atomic E-state index is 12.3. The molecule has 160 valence electrons. The van der Waals surface area contributed by atoms with Gasteiger partial charge in [-0.15, -0.1) is 0 Å². The number of likely N-dealkylation sites (N-methyl/N-ethyl adjacent to an activating group) is 1. The molecule has 31 heavy (non-hydrogen) atoms. The van der Waals surface area contributed by atoms with Crippen molar-refractivity contribution in [3.63, 3.8) is 0 Å². The fourth-order valence-electron chi connectivity index (χ4n) is 4.25. The van der Waals surface area contributed by atoms with Crippen molar-refractivity contribution >= 4 is 11.8 Å². The summed E-state index contributed by atoms with van der Waals surface area (Å²) in [6.07, 6.45) is 2.27. The van der Waals surface area contributed by atoms with E-state index >= 15 is 0 Å². The largest absolute Gasteiger partial charge is 0.373 e. The molecule has 1 aliphatic carbocycles. The van der Waals surface area contributed by atoms with Gasteiger partial charge in [0.1, 0.15) is 5.69 Å². The highest BCUT2D eigenvalue weighted by atomic mass is 16.5. The van der Waals surface area contributed by atoms with Crippen LogP contribution in [0, 0.1) is 6.92 Å². The number of aliphatic hydroxyl groups is 1. The minimum Gasteiger partial charge on any atom is -0.373 e. The molecule has 3 heterocycles. The monoisotopic (exact) mass is 421 g/mol. The zero-order chi connectivity index (χ0) is 21.9. The number of carbonyl (C=O) groups excluding carboxylic acids is 2. The highest BCUT2D eigenvalue weighted by Crippen LogP contribution is 2.40. The molecule has 2 amide bonds. The second-order valence-electron chi connectivity index (χ2n) is 8.33. The number of primary amides is 1. The van der Waals surface area contributed by atoms with E-state index in [0.29, 0.717) is 17.9 Å². The average Bonchev–Trinajstić information content (AvgIpc) is 3.24. The third-order valence-electron chi connectivity index (χ3n) is 6.14. The Labute approximate surface area is 178 Å². The summed E-state index contributed by atoms with van der Waals surface area (Å²) in [5.41, 5.74) is 7.52. The van der Waals surface area contributed by atoms with Crippen LogP contribution in [-0.2, 0) is 10.4 Å². The fourth-order valence-corrected chi connectivity index (χ4v) is 4.25. The van der Waals surface area contributed by atoms with Gasteiger partial charge >= 0.3 is 0 Å². The van der Waals surface area contributed by atoms with Crippen molar-refractivity contribution in [3.8, 4) is 22.5 Å². The predicted molar refractivity (Wildman–Crippen MR) is 111 cm³/mol. The van der Waals surface area contributed by atoms with Crippen LogP contribution >= 0.6 is 0 Å². The van der Waals surface area contributed by atoms with Gasteiger partial charge in [-0.25, -0.2) is 4.98 Å². The summed E-state index contributed by atoms with van der Waals surface area (Å²) in [6.45, 7) is 2.39. The number of likely N-dealkylation sites (tertiary alicyclic amines) is 1. The SMILES string of the molecule is Cc1c(-c2cccc(-c3cc(C4(O)CCN(C)C4=O)on3)c2)nc(C(N)=O)n1C1CC1. The molecule has 1 saturated heterocycles. The molecule has 3 N–H and O–H groups in total. The third kappa shape index (κ3) is 3.04. The van der Waals surface area contributed by atoms with Crippen LogP contribution in [0.1, 0.15) is 47.4 Å². The maximum Gasteiger partial charge on any atom is 0.284 e. The standard InChI is InChI=1S/C22H23N5O4/c1-12-18(24-20(19(23)28)27(12)15-6-7-15)14-5-3-4-13(10-14)16-11-17(31-25-16)22(30)8-9-26(2)21(22)29/h3-5,10-11,15,30H,6-9H2,1-2H3,(H2,23,28). The summed E-state index contributed by atoms with van der Waals surface area (Å²) >= 11 is 0. The molecule has 2 aromatic heterocycles. The van der Waals surface area contributed by atoms with Crippen molar-refractivity contribution in [2.45, 2.75) is 37.8 Å². The van der Waals surface area contributed by atoms with Gasteiger partial charge in [0, 0.05) is 48.9 Å². The zero-order valence-corrected chi connectivity index (χ0v) is 17.3. The number of rotatable bonds is 5. The average molecular weight is 421 g/mol. The number of aromatic nitrogens is 3. The Morgan fingerprint density at radius 1 is 1.29 bits per heavy atom. The number of amides is 2. The lowest BCUT2D eigenvalue weighted by atomic mass is 9.97. The van der Waals surface area contributed by atoms with Gasteiger partial charge in [-0.2, -0.15) is 0 Å². The molecular weight excluding hydrogens is 398 g/mol. The maximum atomic E-state index is 12.3. The molecule has 1 saturated carbocycles. The lowest BCUT2D eigenvalue weighted by Gasteiger charge is -2.16. The first-order valence-electron chi connectivity index (χ1n) is 10.2. The first-order valence-corrected chi connectivity index (χ1v) is 10.2. The van der Waals surface area contributed by atoms with E-state index in [1.165, 1.54) is 4.90 Å². The topological polar surface area (TPSA) is 127 Å². The van der Waals surface area contributed by atoms with Gasteiger partial charge < -0.3 is 24.8 Å². The molecule has 9 nitrogen and oxygen atoms in total. The van der Waals surface area contributed by atoms with E-state index < -0.39 is 17.4 Å². The van der Waals surface area contributed by atoms with Crippen LogP contribution in [0.3, 0.4) is 0 Å². The Hall–Kier alpha value is -3.46. The first kappa shape index (κ1) is 19.5. The number of benzene rings is 1. The second-order valence-corrected chi connectivity index (χ2v) is 8.33. The van der Waals surface area contributed by atoms with E-state index in [0.717, 1.165) is 29.7 Å². The Morgan fingerprint density at radius 3 is 2.68 bits per heavy atom. The van der Waals surface area contributed by atoms with E-state index in [-0.39, 0.29) is 24.0 Å². The molecule has 3 aromatic rings. The molecule has 1 atom stereocenters. The fraction of sp³-hybridized carbons (Fsp3) is 0.364. The van der Waals surface area contributed by atoms with E-state index in [2.05, 4.69) is 10.1 Å². The minimum atomic E-state index is -1.69. The highest BCUT2D eigenvalue weighted by molar-refractivity contribution is 5.91. The van der Waals surface area contributed by atoms with Gasteiger partial charge in [0.2, 0.25) is 5.60 Å². The van der Waals surface area contributed by atoms with Crippen LogP contribution in [0.2, 0.25) is 0 Å². The van der Waals surface area contributed by atoms with Crippen molar-refractivity contribution in [2.24, 2.45) is 5.73 Å².